The van der Waals surface area contributed by atoms with Crippen LogP contribution in [0.3, 0.4) is 0 Å². The molecular formula is C22H18N2O. The van der Waals surface area contributed by atoms with Gasteiger partial charge in [-0.3, -0.25) is 5.21 Å². The quantitative estimate of drug-likeness (QED) is 0.281. The summed E-state index contributed by atoms with van der Waals surface area (Å²) < 4.78 is 0. The van der Waals surface area contributed by atoms with E-state index in [9.17, 15) is 5.21 Å². The van der Waals surface area contributed by atoms with Crippen LogP contribution in [-0.4, -0.2) is 11.0 Å². The van der Waals surface area contributed by atoms with Gasteiger partial charge in [0, 0.05) is 10.8 Å². The van der Waals surface area contributed by atoms with Gasteiger partial charge in [-0.05, 0) is 29.8 Å². The molecule has 0 spiro atoms. The molecule has 25 heavy (non-hydrogen) atoms. The third-order valence-electron chi connectivity index (χ3n) is 4.35. The van der Waals surface area contributed by atoms with Gasteiger partial charge in [-0.1, -0.05) is 72.8 Å². The Balaban J connectivity index is 1.79. The van der Waals surface area contributed by atoms with Crippen molar-refractivity contribution in [1.82, 2.24) is 0 Å². The second-order valence-electron chi connectivity index (χ2n) is 5.97. The average Bonchev–Trinajstić information content (AvgIpc) is 2.67. The number of aliphatic imine (C=N–C) groups is 1. The van der Waals surface area contributed by atoms with Crippen molar-refractivity contribution in [3.63, 3.8) is 0 Å². The first-order chi connectivity index (χ1) is 12.2. The highest BCUT2D eigenvalue weighted by Crippen LogP contribution is 2.29. The maximum Gasteiger partial charge on any atom is 0.132 e. The number of amidine groups is 1. The van der Waals surface area contributed by atoms with E-state index >= 15 is 0 Å². The van der Waals surface area contributed by atoms with Gasteiger partial charge in [-0.25, -0.2) is 10.1 Å². The first-order valence-corrected chi connectivity index (χ1v) is 8.24. The smallest absolute Gasteiger partial charge is 0.132 e. The molecule has 0 radical (unpaired) electrons. The number of anilines is 1. The van der Waals surface area contributed by atoms with E-state index in [1.165, 1.54) is 0 Å². The van der Waals surface area contributed by atoms with Crippen molar-refractivity contribution in [1.29, 1.82) is 0 Å². The normalized spacial score (nSPS) is 11.8. The van der Waals surface area contributed by atoms with Crippen molar-refractivity contribution in [3.05, 3.63) is 84.9 Å². The van der Waals surface area contributed by atoms with Crippen LogP contribution in [0.2, 0.25) is 0 Å². The summed E-state index contributed by atoms with van der Waals surface area (Å²) in [6, 6.07) is 28.0. The Morgan fingerprint density at radius 2 is 1.28 bits per heavy atom. The Morgan fingerprint density at radius 3 is 2.04 bits per heavy atom. The van der Waals surface area contributed by atoms with Crippen LogP contribution in [-0.2, 0) is 0 Å². The van der Waals surface area contributed by atoms with E-state index in [0.717, 1.165) is 38.0 Å². The van der Waals surface area contributed by atoms with Gasteiger partial charge in [0.25, 0.3) is 0 Å². The summed E-state index contributed by atoms with van der Waals surface area (Å²) in [5, 5.41) is 16.1. The molecule has 4 rings (SSSR count). The van der Waals surface area contributed by atoms with Crippen LogP contribution in [0.25, 0.3) is 21.5 Å². The van der Waals surface area contributed by atoms with Crippen LogP contribution in [0.4, 0.5) is 11.4 Å². The van der Waals surface area contributed by atoms with Crippen molar-refractivity contribution in [2.45, 2.75) is 6.92 Å². The Bertz CT molecular complexity index is 1070. The largest absolute Gasteiger partial charge is 0.282 e. The minimum Gasteiger partial charge on any atom is -0.282 e. The van der Waals surface area contributed by atoms with Crippen LogP contribution in [0.1, 0.15) is 6.92 Å². The first kappa shape index (κ1) is 15.4. The van der Waals surface area contributed by atoms with Crippen molar-refractivity contribution >= 4 is 38.8 Å². The Kier molecular flexibility index (Phi) is 3.92. The fraction of sp³-hybridized carbons (Fsp3) is 0.0455. The zero-order valence-electron chi connectivity index (χ0n) is 13.9. The summed E-state index contributed by atoms with van der Waals surface area (Å²) in [6.07, 6.45) is 0. The summed E-state index contributed by atoms with van der Waals surface area (Å²) >= 11 is 0. The molecule has 0 amide bonds. The SMILES string of the molecule is CC(=Nc1cccc2ccccc12)N(O)c1cccc2ccccc12. The van der Waals surface area contributed by atoms with Gasteiger partial charge in [0.1, 0.15) is 5.84 Å². The molecule has 0 saturated carbocycles. The molecule has 0 saturated heterocycles. The lowest BCUT2D eigenvalue weighted by atomic mass is 10.1. The predicted molar refractivity (Wildman–Crippen MR) is 105 cm³/mol. The molecule has 0 bridgehead atoms. The van der Waals surface area contributed by atoms with E-state index in [4.69, 9.17) is 0 Å². The highest BCUT2D eigenvalue weighted by Gasteiger charge is 2.11. The molecule has 0 fully saturated rings. The third-order valence-corrected chi connectivity index (χ3v) is 4.35. The van der Waals surface area contributed by atoms with Gasteiger partial charge in [0.15, 0.2) is 0 Å². The highest BCUT2D eigenvalue weighted by molar-refractivity contribution is 6.05. The summed E-state index contributed by atoms with van der Waals surface area (Å²) in [5.74, 6) is 0.521. The van der Waals surface area contributed by atoms with Crippen molar-refractivity contribution < 1.29 is 5.21 Å². The number of rotatable bonds is 2. The van der Waals surface area contributed by atoms with E-state index in [-0.39, 0.29) is 0 Å². The Morgan fingerprint density at radius 1 is 0.720 bits per heavy atom. The van der Waals surface area contributed by atoms with Gasteiger partial charge in [-0.15, -0.1) is 0 Å². The fourth-order valence-corrected chi connectivity index (χ4v) is 3.09. The predicted octanol–water partition coefficient (Wildman–Crippen LogP) is 5.94. The molecule has 0 heterocycles. The van der Waals surface area contributed by atoms with Crippen LogP contribution in [0, 0.1) is 0 Å². The molecule has 0 aliphatic rings. The zero-order chi connectivity index (χ0) is 17.2. The zero-order valence-corrected chi connectivity index (χ0v) is 13.9. The molecule has 0 aliphatic heterocycles. The van der Waals surface area contributed by atoms with Crippen molar-refractivity contribution in [3.8, 4) is 0 Å². The lowest BCUT2D eigenvalue weighted by molar-refractivity contribution is 0.312. The second-order valence-corrected chi connectivity index (χ2v) is 5.97. The maximum absolute atomic E-state index is 10.7. The van der Waals surface area contributed by atoms with Gasteiger partial charge in [0.2, 0.25) is 0 Å². The molecular weight excluding hydrogens is 308 g/mol. The number of nitrogens with zero attached hydrogens (tertiary/aromatic N) is 2. The number of hydrogen-bond acceptors (Lipinski definition) is 2. The Hall–Kier alpha value is -3.17. The molecule has 3 heteroatoms. The molecule has 4 aromatic rings. The van der Waals surface area contributed by atoms with Gasteiger partial charge in [-0.2, -0.15) is 0 Å². The molecule has 1 N–H and O–H groups in total. The minimum atomic E-state index is 0.521. The number of benzene rings is 4. The van der Waals surface area contributed by atoms with Gasteiger partial charge < -0.3 is 0 Å². The molecule has 122 valence electrons. The van der Waals surface area contributed by atoms with Crippen LogP contribution < -0.4 is 5.06 Å². The van der Waals surface area contributed by atoms with E-state index in [1.807, 2.05) is 79.7 Å². The monoisotopic (exact) mass is 326 g/mol. The standard InChI is InChI=1S/C22H18N2O/c1-16(23-21-14-6-10-17-8-2-4-12-19(17)21)24(25)22-15-7-11-18-9-3-5-13-20(18)22/h2-15,25H,1H3. The lowest BCUT2D eigenvalue weighted by Crippen LogP contribution is -2.24. The fourth-order valence-electron chi connectivity index (χ4n) is 3.09. The van der Waals surface area contributed by atoms with Gasteiger partial charge >= 0.3 is 0 Å². The minimum absolute atomic E-state index is 0.521. The Labute approximate surface area is 146 Å². The second kappa shape index (κ2) is 6.38. The summed E-state index contributed by atoms with van der Waals surface area (Å²) in [5.41, 5.74) is 1.56. The van der Waals surface area contributed by atoms with Gasteiger partial charge in [0.05, 0.1) is 11.4 Å². The molecule has 0 atom stereocenters. The van der Waals surface area contributed by atoms with E-state index in [1.54, 1.807) is 0 Å². The number of hydrogen-bond donors (Lipinski definition) is 1. The molecule has 4 aromatic carbocycles. The summed E-state index contributed by atoms with van der Waals surface area (Å²) in [4.78, 5) is 4.66. The van der Waals surface area contributed by atoms with E-state index < -0.39 is 0 Å². The molecule has 0 unspecified atom stereocenters. The third kappa shape index (κ3) is 2.86. The maximum atomic E-state index is 10.7. The van der Waals surface area contributed by atoms with Crippen LogP contribution in [0.15, 0.2) is 89.9 Å². The number of fused-ring (bicyclic) bond motifs is 2. The summed E-state index contributed by atoms with van der Waals surface area (Å²) in [7, 11) is 0. The van der Waals surface area contributed by atoms with E-state index in [2.05, 4.69) is 17.1 Å². The highest BCUT2D eigenvalue weighted by atomic mass is 16.5. The molecule has 0 aromatic heterocycles. The topological polar surface area (TPSA) is 35.8 Å². The van der Waals surface area contributed by atoms with Crippen LogP contribution >= 0.6 is 0 Å². The van der Waals surface area contributed by atoms with Crippen molar-refractivity contribution in [2.24, 2.45) is 4.99 Å². The lowest BCUT2D eigenvalue weighted by Gasteiger charge is -2.18. The van der Waals surface area contributed by atoms with Crippen LogP contribution in [0.5, 0.6) is 0 Å². The number of hydroxylamine groups is 1. The first-order valence-electron chi connectivity index (χ1n) is 8.24. The van der Waals surface area contributed by atoms with E-state index in [0.29, 0.717) is 5.84 Å². The molecule has 3 nitrogen and oxygen atoms in total. The summed E-state index contributed by atoms with van der Waals surface area (Å²) in [6.45, 7) is 1.81. The van der Waals surface area contributed by atoms with Crippen molar-refractivity contribution in [2.75, 3.05) is 5.06 Å². The molecule has 0 aliphatic carbocycles. The average molecular weight is 326 g/mol.